The van der Waals surface area contributed by atoms with Gasteiger partial charge in [0.1, 0.15) is 0 Å². The molecule has 21 heavy (non-hydrogen) atoms. The molecule has 0 amide bonds. The summed E-state index contributed by atoms with van der Waals surface area (Å²) < 4.78 is 11.3. The minimum Gasteiger partial charge on any atom is -0.493 e. The van der Waals surface area contributed by atoms with Gasteiger partial charge in [0.15, 0.2) is 11.5 Å². The molecule has 120 valence electrons. The Morgan fingerprint density at radius 2 is 2.00 bits per heavy atom. The number of likely N-dealkylation sites (N-methyl/N-ethyl adjacent to an activating group) is 1. The van der Waals surface area contributed by atoms with Gasteiger partial charge in [-0.05, 0) is 32.5 Å². The molecular weight excluding hydrogens is 264 g/mol. The van der Waals surface area contributed by atoms with Crippen molar-refractivity contribution in [2.24, 2.45) is 5.73 Å². The molecule has 2 N–H and O–H groups in total. The first-order valence-corrected chi connectivity index (χ1v) is 7.97. The molecule has 0 bridgehead atoms. The summed E-state index contributed by atoms with van der Waals surface area (Å²) in [6.07, 6.45) is 2.36. The van der Waals surface area contributed by atoms with Crippen molar-refractivity contribution >= 4 is 0 Å². The molecule has 0 fully saturated rings. The Labute approximate surface area is 129 Å². The lowest BCUT2D eigenvalue weighted by Crippen LogP contribution is -2.34. The van der Waals surface area contributed by atoms with E-state index in [4.69, 9.17) is 15.2 Å². The lowest BCUT2D eigenvalue weighted by atomic mass is 10.0. The first kappa shape index (κ1) is 17.8. The lowest BCUT2D eigenvalue weighted by Gasteiger charge is -2.31. The Balaban J connectivity index is 3.13. The zero-order valence-electron chi connectivity index (χ0n) is 13.9. The normalized spacial score (nSPS) is 12.5. The summed E-state index contributed by atoms with van der Waals surface area (Å²) in [6.45, 7) is 9.60. The molecule has 0 radical (unpaired) electrons. The largest absolute Gasteiger partial charge is 0.493 e. The molecule has 0 saturated carbocycles. The van der Waals surface area contributed by atoms with E-state index >= 15 is 0 Å². The molecular formula is C17H30N2O2. The number of hydrogen-bond donors (Lipinski definition) is 1. The third-order valence-corrected chi connectivity index (χ3v) is 3.75. The second kappa shape index (κ2) is 9.64. The van der Waals surface area contributed by atoms with E-state index in [0.717, 1.165) is 30.2 Å². The molecule has 0 aliphatic rings. The molecule has 1 aromatic rings. The van der Waals surface area contributed by atoms with E-state index in [-0.39, 0.29) is 6.04 Å². The van der Waals surface area contributed by atoms with Gasteiger partial charge in [0.05, 0.1) is 19.8 Å². The van der Waals surface area contributed by atoms with Crippen LogP contribution < -0.4 is 15.2 Å². The molecule has 1 aromatic carbocycles. The Hall–Kier alpha value is -1.26. The third-order valence-electron chi connectivity index (χ3n) is 3.75. The van der Waals surface area contributed by atoms with Gasteiger partial charge in [-0.25, -0.2) is 0 Å². The summed E-state index contributed by atoms with van der Waals surface area (Å²) in [7, 11) is 1.67. The Bertz CT molecular complexity index is 410. The van der Waals surface area contributed by atoms with Gasteiger partial charge in [-0.2, -0.15) is 0 Å². The molecule has 0 spiro atoms. The molecule has 0 aliphatic heterocycles. The molecule has 1 rings (SSSR count). The Morgan fingerprint density at radius 1 is 1.24 bits per heavy atom. The third kappa shape index (κ3) is 4.61. The van der Waals surface area contributed by atoms with Crippen LogP contribution in [0.2, 0.25) is 0 Å². The quantitative estimate of drug-likeness (QED) is 0.720. The van der Waals surface area contributed by atoms with Crippen molar-refractivity contribution in [1.82, 2.24) is 4.90 Å². The summed E-state index contributed by atoms with van der Waals surface area (Å²) in [5, 5.41) is 0. The van der Waals surface area contributed by atoms with Gasteiger partial charge in [-0.15, -0.1) is 0 Å². The van der Waals surface area contributed by atoms with Crippen LogP contribution in [0.5, 0.6) is 11.5 Å². The second-order valence-electron chi connectivity index (χ2n) is 5.05. The molecule has 0 saturated heterocycles. The zero-order chi connectivity index (χ0) is 15.7. The SMILES string of the molecule is CCCCN(CC)C(CN)c1cccc(OC)c1OCC. The van der Waals surface area contributed by atoms with Crippen LogP contribution in [0.15, 0.2) is 18.2 Å². The molecule has 0 aliphatic carbocycles. The molecule has 1 atom stereocenters. The number of nitrogens with zero attached hydrogens (tertiary/aromatic N) is 1. The monoisotopic (exact) mass is 294 g/mol. The minimum atomic E-state index is 0.165. The molecule has 0 aromatic heterocycles. The number of unbranched alkanes of at least 4 members (excludes halogenated alkanes) is 1. The first-order chi connectivity index (χ1) is 10.2. The van der Waals surface area contributed by atoms with Crippen LogP contribution in [0.4, 0.5) is 0 Å². The van der Waals surface area contributed by atoms with E-state index in [1.807, 2.05) is 19.1 Å². The van der Waals surface area contributed by atoms with E-state index in [1.54, 1.807) is 7.11 Å². The zero-order valence-corrected chi connectivity index (χ0v) is 13.9. The van der Waals surface area contributed by atoms with Crippen LogP contribution in [0.25, 0.3) is 0 Å². The Morgan fingerprint density at radius 3 is 2.52 bits per heavy atom. The highest BCUT2D eigenvalue weighted by Crippen LogP contribution is 2.36. The summed E-state index contributed by atoms with van der Waals surface area (Å²) in [4.78, 5) is 2.42. The highest BCUT2D eigenvalue weighted by molar-refractivity contribution is 5.48. The van der Waals surface area contributed by atoms with Gasteiger partial charge in [0.25, 0.3) is 0 Å². The van der Waals surface area contributed by atoms with Crippen molar-refractivity contribution < 1.29 is 9.47 Å². The van der Waals surface area contributed by atoms with E-state index in [9.17, 15) is 0 Å². The van der Waals surface area contributed by atoms with Crippen molar-refractivity contribution in [3.8, 4) is 11.5 Å². The summed E-state index contributed by atoms with van der Waals surface area (Å²) >= 11 is 0. The predicted molar refractivity (Wildman–Crippen MR) is 88.1 cm³/mol. The van der Waals surface area contributed by atoms with Crippen LogP contribution in [0.3, 0.4) is 0 Å². The van der Waals surface area contributed by atoms with Crippen molar-refractivity contribution in [3.63, 3.8) is 0 Å². The molecule has 1 unspecified atom stereocenters. The van der Waals surface area contributed by atoms with Gasteiger partial charge in [-0.3, -0.25) is 4.90 Å². The predicted octanol–water partition coefficient (Wildman–Crippen LogP) is 3.22. The van der Waals surface area contributed by atoms with E-state index < -0.39 is 0 Å². The van der Waals surface area contributed by atoms with Crippen molar-refractivity contribution in [3.05, 3.63) is 23.8 Å². The van der Waals surface area contributed by atoms with Gasteiger partial charge in [-0.1, -0.05) is 32.4 Å². The lowest BCUT2D eigenvalue weighted by molar-refractivity contribution is 0.201. The maximum absolute atomic E-state index is 6.07. The number of rotatable bonds is 10. The van der Waals surface area contributed by atoms with Crippen molar-refractivity contribution in [2.75, 3.05) is 33.4 Å². The number of benzene rings is 1. The minimum absolute atomic E-state index is 0.165. The van der Waals surface area contributed by atoms with E-state index in [2.05, 4.69) is 24.8 Å². The highest BCUT2D eigenvalue weighted by atomic mass is 16.5. The fourth-order valence-electron chi connectivity index (χ4n) is 2.62. The average molecular weight is 294 g/mol. The van der Waals surface area contributed by atoms with Crippen molar-refractivity contribution in [1.29, 1.82) is 0 Å². The van der Waals surface area contributed by atoms with Crippen LogP contribution in [-0.4, -0.2) is 38.3 Å². The maximum atomic E-state index is 6.07. The second-order valence-corrected chi connectivity index (χ2v) is 5.05. The highest BCUT2D eigenvalue weighted by Gasteiger charge is 2.23. The standard InChI is InChI=1S/C17H30N2O2/c1-5-8-12-19(6-2)15(13-18)14-10-9-11-16(20-4)17(14)21-7-3/h9-11,15H,5-8,12-13,18H2,1-4H3. The number of nitrogens with two attached hydrogens (primary N) is 1. The topological polar surface area (TPSA) is 47.7 Å². The molecule has 4 nitrogen and oxygen atoms in total. The van der Waals surface area contributed by atoms with Crippen LogP contribution >= 0.6 is 0 Å². The van der Waals surface area contributed by atoms with Crippen LogP contribution in [0, 0.1) is 0 Å². The number of para-hydroxylation sites is 1. The smallest absolute Gasteiger partial charge is 0.165 e. The molecule has 0 heterocycles. The van der Waals surface area contributed by atoms with Crippen molar-refractivity contribution in [2.45, 2.75) is 39.7 Å². The molecule has 4 heteroatoms. The summed E-state index contributed by atoms with van der Waals surface area (Å²) in [5.74, 6) is 1.60. The maximum Gasteiger partial charge on any atom is 0.165 e. The van der Waals surface area contributed by atoms with Gasteiger partial charge < -0.3 is 15.2 Å². The fraction of sp³-hybridized carbons (Fsp3) is 0.647. The van der Waals surface area contributed by atoms with E-state index in [1.165, 1.54) is 12.8 Å². The van der Waals surface area contributed by atoms with Crippen LogP contribution in [-0.2, 0) is 0 Å². The summed E-state index contributed by atoms with van der Waals surface area (Å²) in [6, 6.07) is 6.20. The van der Waals surface area contributed by atoms with E-state index in [0.29, 0.717) is 13.2 Å². The number of hydrogen-bond acceptors (Lipinski definition) is 4. The number of methoxy groups -OCH3 is 1. The fourth-order valence-corrected chi connectivity index (χ4v) is 2.62. The van der Waals surface area contributed by atoms with Gasteiger partial charge in [0.2, 0.25) is 0 Å². The first-order valence-electron chi connectivity index (χ1n) is 7.97. The van der Waals surface area contributed by atoms with Gasteiger partial charge in [0, 0.05) is 12.1 Å². The number of ether oxygens (including phenoxy) is 2. The average Bonchev–Trinajstić information content (AvgIpc) is 2.52. The van der Waals surface area contributed by atoms with Gasteiger partial charge >= 0.3 is 0 Å². The van der Waals surface area contributed by atoms with Crippen LogP contribution in [0.1, 0.15) is 45.2 Å². The Kier molecular flexibility index (Phi) is 8.16. The summed E-state index contributed by atoms with van der Waals surface area (Å²) in [5.41, 5.74) is 7.19.